The van der Waals surface area contributed by atoms with E-state index in [1.54, 1.807) is 6.08 Å². The Bertz CT molecular complexity index is 1210. The number of carbonyl (C=O) groups excluding carboxylic acids is 2. The maximum absolute atomic E-state index is 16.0. The second-order valence-corrected chi connectivity index (χ2v) is 12.8. The van der Waals surface area contributed by atoms with Gasteiger partial charge in [-0.3, -0.25) is 4.79 Å². The molecule has 0 bridgehead atoms. The van der Waals surface area contributed by atoms with E-state index in [0.717, 1.165) is 36.6 Å². The van der Waals surface area contributed by atoms with Gasteiger partial charge >= 0.3 is 5.97 Å². The molecule has 0 amide bonds. The summed E-state index contributed by atoms with van der Waals surface area (Å²) in [6.07, 6.45) is 3.78. The molecule has 4 aliphatic carbocycles. The minimum absolute atomic E-state index is 0.105. The van der Waals surface area contributed by atoms with Crippen LogP contribution in [0.4, 0.5) is 4.39 Å². The number of phenolic OH excluding ortho intramolecular Hbond substituents is 1. The van der Waals surface area contributed by atoms with Gasteiger partial charge in [0, 0.05) is 17.8 Å². The van der Waals surface area contributed by atoms with E-state index in [1.807, 2.05) is 6.92 Å². The number of primary sulfonamides is 1. The summed E-state index contributed by atoms with van der Waals surface area (Å²) >= 11 is 0. The van der Waals surface area contributed by atoms with Gasteiger partial charge in [-0.05, 0) is 80.1 Å². The van der Waals surface area contributed by atoms with Crippen LogP contribution in [0.15, 0.2) is 34.7 Å². The lowest BCUT2D eigenvalue weighted by Gasteiger charge is -2.56. The van der Waals surface area contributed by atoms with Crippen molar-refractivity contribution in [2.45, 2.75) is 69.5 Å². The molecule has 3 saturated carbocycles. The predicted octanol–water partition coefficient (Wildman–Crippen LogP) is 3.90. The van der Waals surface area contributed by atoms with Crippen molar-refractivity contribution in [3.8, 4) is 5.75 Å². The highest BCUT2D eigenvalue weighted by atomic mass is 32.2. The molecule has 3 N–H and O–H groups in total. The Kier molecular flexibility index (Phi) is 5.87. The van der Waals surface area contributed by atoms with E-state index in [0.29, 0.717) is 19.3 Å². The summed E-state index contributed by atoms with van der Waals surface area (Å²) in [5.41, 5.74) is 0.262. The first-order valence-corrected chi connectivity index (χ1v) is 13.9. The van der Waals surface area contributed by atoms with Crippen LogP contribution in [0.1, 0.15) is 62.7 Å². The Morgan fingerprint density at radius 2 is 1.97 bits per heavy atom. The molecule has 0 heterocycles. The average Bonchev–Trinajstić information content (AvgIpc) is 3.08. The van der Waals surface area contributed by atoms with Crippen LogP contribution < -0.4 is 5.14 Å². The van der Waals surface area contributed by atoms with Crippen LogP contribution in [-0.2, 0) is 19.6 Å². The number of benzene rings is 1. The second kappa shape index (κ2) is 8.40. The van der Waals surface area contributed by atoms with Crippen molar-refractivity contribution >= 4 is 21.8 Å². The van der Waals surface area contributed by atoms with Crippen LogP contribution >= 0.6 is 0 Å². The third-order valence-electron chi connectivity index (χ3n) is 9.25. The summed E-state index contributed by atoms with van der Waals surface area (Å²) in [4.78, 5) is 24.7. The van der Waals surface area contributed by atoms with E-state index in [2.05, 4.69) is 6.92 Å². The maximum atomic E-state index is 16.0. The van der Waals surface area contributed by atoms with Gasteiger partial charge in [0.2, 0.25) is 10.0 Å². The SMILES string of the molecule is C[C@@H]1CC2=CC(=O)CCC2C2C1C1CC[C@H](OC(=O)c3cc(S(N)(=O)=O)ccc3O)[C@@]1(C)C[C@@H]2F. The Morgan fingerprint density at radius 1 is 1.23 bits per heavy atom. The summed E-state index contributed by atoms with van der Waals surface area (Å²) in [6, 6.07) is 3.23. The van der Waals surface area contributed by atoms with E-state index < -0.39 is 39.4 Å². The van der Waals surface area contributed by atoms with Crippen LogP contribution in [0, 0.1) is 35.0 Å². The summed E-state index contributed by atoms with van der Waals surface area (Å²) in [6.45, 7) is 4.14. The summed E-state index contributed by atoms with van der Waals surface area (Å²) in [5.74, 6) is -0.583. The number of aromatic hydroxyl groups is 1. The molecule has 35 heavy (non-hydrogen) atoms. The van der Waals surface area contributed by atoms with Gasteiger partial charge in [0.15, 0.2) is 5.78 Å². The fraction of sp³-hybridized carbons (Fsp3) is 0.615. The Hall–Kier alpha value is -2.26. The van der Waals surface area contributed by atoms with Crippen LogP contribution in [0.25, 0.3) is 0 Å². The number of alkyl halides is 1. The van der Waals surface area contributed by atoms with Crippen LogP contribution in [0.3, 0.4) is 0 Å². The lowest BCUT2D eigenvalue weighted by atomic mass is 9.49. The Labute approximate surface area is 205 Å². The van der Waals surface area contributed by atoms with Gasteiger partial charge in [-0.15, -0.1) is 0 Å². The van der Waals surface area contributed by atoms with Gasteiger partial charge in [-0.2, -0.15) is 0 Å². The molecule has 0 aromatic heterocycles. The number of phenols is 1. The molecule has 190 valence electrons. The van der Waals surface area contributed by atoms with Crippen molar-refractivity contribution in [2.75, 3.05) is 0 Å². The second-order valence-electron chi connectivity index (χ2n) is 11.2. The number of allylic oxidation sites excluding steroid dienone is 1. The standard InChI is InChI=1S/C26H32FNO6S/c1-13-9-14-10-15(29)3-5-17(14)24-20(27)12-26(2)19(23(13)24)6-8-22(26)34-25(31)18-11-16(35(28,32)33)4-7-21(18)30/h4,7,10-11,13,17,19-20,22-24,30H,3,5-6,8-9,12H2,1-2H3,(H2,28,32,33)/t13-,17?,19?,20+,22+,23?,24?,26+/m1/s1. The molecule has 4 aliphatic rings. The van der Waals surface area contributed by atoms with Crippen LogP contribution in [0.5, 0.6) is 5.75 Å². The van der Waals surface area contributed by atoms with Crippen molar-refractivity contribution in [1.29, 1.82) is 0 Å². The number of halogens is 1. The van der Waals surface area contributed by atoms with Gasteiger partial charge < -0.3 is 9.84 Å². The number of fused-ring (bicyclic) bond motifs is 5. The largest absolute Gasteiger partial charge is 0.507 e. The first-order valence-electron chi connectivity index (χ1n) is 12.3. The number of ether oxygens (including phenoxy) is 1. The van der Waals surface area contributed by atoms with E-state index in [-0.39, 0.29) is 52.3 Å². The topological polar surface area (TPSA) is 124 Å². The first kappa shape index (κ1) is 24.4. The summed E-state index contributed by atoms with van der Waals surface area (Å²) in [5, 5.41) is 15.3. The predicted molar refractivity (Wildman–Crippen MR) is 126 cm³/mol. The molecule has 0 radical (unpaired) electrons. The molecular weight excluding hydrogens is 473 g/mol. The third-order valence-corrected chi connectivity index (χ3v) is 10.2. The Balaban J connectivity index is 1.41. The van der Waals surface area contributed by atoms with Gasteiger partial charge in [-0.25, -0.2) is 22.7 Å². The number of nitrogens with two attached hydrogens (primary N) is 1. The minimum Gasteiger partial charge on any atom is -0.507 e. The fourth-order valence-corrected chi connectivity index (χ4v) is 8.31. The minimum atomic E-state index is -4.07. The van der Waals surface area contributed by atoms with Crippen molar-refractivity contribution in [2.24, 2.45) is 40.1 Å². The molecule has 0 spiro atoms. The third kappa shape index (κ3) is 4.00. The molecule has 1 aromatic rings. The zero-order chi connectivity index (χ0) is 25.3. The highest BCUT2D eigenvalue weighted by Crippen LogP contribution is 2.64. The lowest BCUT2D eigenvalue weighted by Crippen LogP contribution is -2.55. The molecule has 1 aromatic carbocycles. The highest BCUT2D eigenvalue weighted by Gasteiger charge is 2.62. The molecule has 8 atom stereocenters. The zero-order valence-electron chi connectivity index (χ0n) is 19.9. The van der Waals surface area contributed by atoms with Crippen molar-refractivity contribution in [1.82, 2.24) is 0 Å². The van der Waals surface area contributed by atoms with Gasteiger partial charge in [0.1, 0.15) is 23.6 Å². The summed E-state index contributed by atoms with van der Waals surface area (Å²) in [7, 11) is -4.07. The monoisotopic (exact) mass is 505 g/mol. The van der Waals surface area contributed by atoms with E-state index >= 15 is 4.39 Å². The maximum Gasteiger partial charge on any atom is 0.342 e. The quantitative estimate of drug-likeness (QED) is 0.601. The molecule has 0 saturated heterocycles. The molecule has 3 fully saturated rings. The Morgan fingerprint density at radius 3 is 2.69 bits per heavy atom. The number of hydrogen-bond acceptors (Lipinski definition) is 6. The van der Waals surface area contributed by atoms with Crippen molar-refractivity contribution < 1.29 is 32.2 Å². The van der Waals surface area contributed by atoms with Gasteiger partial charge in [0.25, 0.3) is 0 Å². The van der Waals surface area contributed by atoms with Crippen LogP contribution in [0.2, 0.25) is 0 Å². The number of carbonyl (C=O) groups is 2. The number of ketones is 1. The van der Waals surface area contributed by atoms with Gasteiger partial charge in [-0.1, -0.05) is 19.4 Å². The van der Waals surface area contributed by atoms with Crippen molar-refractivity contribution in [3.63, 3.8) is 0 Å². The summed E-state index contributed by atoms with van der Waals surface area (Å²) < 4.78 is 45.2. The number of hydrogen-bond donors (Lipinski definition) is 2. The average molecular weight is 506 g/mol. The van der Waals surface area contributed by atoms with E-state index in [9.17, 15) is 23.1 Å². The lowest BCUT2D eigenvalue weighted by molar-refractivity contribution is -0.121. The number of sulfonamides is 1. The molecule has 7 nitrogen and oxygen atoms in total. The fourth-order valence-electron chi connectivity index (χ4n) is 7.77. The molecule has 9 heteroatoms. The molecular formula is C26H32FNO6S. The normalized spacial score (nSPS) is 38.7. The van der Waals surface area contributed by atoms with Crippen LogP contribution in [-0.4, -0.2) is 37.6 Å². The first-order chi connectivity index (χ1) is 16.4. The smallest absolute Gasteiger partial charge is 0.342 e. The number of esters is 1. The molecule has 0 aliphatic heterocycles. The van der Waals surface area contributed by atoms with Crippen molar-refractivity contribution in [3.05, 3.63) is 35.4 Å². The molecule has 5 rings (SSSR count). The number of rotatable bonds is 3. The highest BCUT2D eigenvalue weighted by molar-refractivity contribution is 7.89. The zero-order valence-corrected chi connectivity index (χ0v) is 20.8. The van der Waals surface area contributed by atoms with E-state index in [4.69, 9.17) is 9.88 Å². The molecule has 4 unspecified atom stereocenters. The van der Waals surface area contributed by atoms with Gasteiger partial charge in [0.05, 0.1) is 4.90 Å². The van der Waals surface area contributed by atoms with E-state index in [1.165, 1.54) is 0 Å².